The monoisotopic (exact) mass is 435 g/mol. The van der Waals surface area contributed by atoms with E-state index in [0.29, 0.717) is 11.1 Å². The number of anilines is 1. The largest absolute Gasteiger partial charge is 0.326 e. The van der Waals surface area contributed by atoms with Crippen LogP contribution in [0.25, 0.3) is 0 Å². The van der Waals surface area contributed by atoms with E-state index < -0.39 is 5.25 Å². The van der Waals surface area contributed by atoms with Crippen molar-refractivity contribution >= 4 is 40.1 Å². The molecule has 1 aliphatic carbocycles. The molecule has 1 atom stereocenters. The minimum Gasteiger partial charge on any atom is -0.326 e. The third-order valence-corrected chi connectivity index (χ3v) is 6.93. The molecular weight excluding hydrogens is 406 g/mol. The number of hydrogen-bond acceptors (Lipinski definition) is 4. The first-order chi connectivity index (χ1) is 15.0. The summed E-state index contributed by atoms with van der Waals surface area (Å²) >= 11 is 1.32. The molecular formula is C25H29N3O2S. The van der Waals surface area contributed by atoms with E-state index in [1.807, 2.05) is 38.1 Å². The van der Waals surface area contributed by atoms with E-state index >= 15 is 0 Å². The van der Waals surface area contributed by atoms with E-state index in [1.165, 1.54) is 49.4 Å². The molecule has 2 N–H and O–H groups in total. The highest BCUT2D eigenvalue weighted by atomic mass is 32.2. The van der Waals surface area contributed by atoms with Crippen LogP contribution in [-0.4, -0.2) is 22.2 Å². The highest BCUT2D eigenvalue weighted by Gasteiger charge is 2.32. The van der Waals surface area contributed by atoms with Crippen LogP contribution in [0.3, 0.4) is 0 Å². The van der Waals surface area contributed by atoms with E-state index in [2.05, 4.69) is 33.8 Å². The van der Waals surface area contributed by atoms with E-state index in [0.717, 1.165) is 22.5 Å². The van der Waals surface area contributed by atoms with Gasteiger partial charge in [0.1, 0.15) is 5.25 Å². The van der Waals surface area contributed by atoms with Gasteiger partial charge in [0.25, 0.3) is 0 Å². The second-order valence-electron chi connectivity index (χ2n) is 8.57. The van der Waals surface area contributed by atoms with Crippen LogP contribution < -0.4 is 10.6 Å². The summed E-state index contributed by atoms with van der Waals surface area (Å²) in [6.45, 7) is 3.99. The number of rotatable bonds is 5. The molecule has 2 fully saturated rings. The highest BCUT2D eigenvalue weighted by molar-refractivity contribution is 8.15. The van der Waals surface area contributed by atoms with Crippen molar-refractivity contribution in [3.8, 4) is 0 Å². The molecule has 1 saturated heterocycles. The van der Waals surface area contributed by atoms with Gasteiger partial charge < -0.3 is 10.6 Å². The Hall–Kier alpha value is -2.60. The minimum atomic E-state index is -0.467. The standard InChI is InChI=1S/C25H29N3O2S/c1-16-12-17(2)14-21(13-16)26-23(29)15-22-24(30)28-25(31-22)27-20-10-8-19(9-11-20)18-6-4-3-5-7-18/h8-14,18,22H,3-7,15H2,1-2H3,(H,26,29)(H,27,28,30)/t22-/m0/s1. The number of aliphatic imine (C=N–C) groups is 1. The minimum absolute atomic E-state index is 0.114. The summed E-state index contributed by atoms with van der Waals surface area (Å²) in [4.78, 5) is 29.4. The van der Waals surface area contributed by atoms with Gasteiger partial charge in [0, 0.05) is 12.1 Å². The number of benzene rings is 2. The number of hydrogen-bond donors (Lipinski definition) is 2. The summed E-state index contributed by atoms with van der Waals surface area (Å²) in [6, 6.07) is 14.3. The van der Waals surface area contributed by atoms with Crippen LogP contribution in [0, 0.1) is 13.8 Å². The Morgan fingerprint density at radius 1 is 1.06 bits per heavy atom. The third kappa shape index (κ3) is 5.76. The maximum Gasteiger partial charge on any atom is 0.240 e. The first-order valence-corrected chi connectivity index (χ1v) is 11.9. The van der Waals surface area contributed by atoms with Gasteiger partial charge in [0.15, 0.2) is 5.17 Å². The second-order valence-corrected chi connectivity index (χ2v) is 9.76. The van der Waals surface area contributed by atoms with Crippen molar-refractivity contribution in [2.75, 3.05) is 5.32 Å². The van der Waals surface area contributed by atoms with Crippen molar-refractivity contribution in [3.63, 3.8) is 0 Å². The zero-order valence-corrected chi connectivity index (χ0v) is 18.9. The van der Waals surface area contributed by atoms with Gasteiger partial charge in [-0.25, -0.2) is 4.99 Å². The Bertz CT molecular complexity index is 974. The van der Waals surface area contributed by atoms with Gasteiger partial charge in [-0.2, -0.15) is 0 Å². The van der Waals surface area contributed by atoms with Crippen molar-refractivity contribution in [1.29, 1.82) is 0 Å². The Balaban J connectivity index is 1.35. The van der Waals surface area contributed by atoms with Crippen molar-refractivity contribution in [2.24, 2.45) is 4.99 Å². The Kier molecular flexibility index (Phi) is 6.76. The molecule has 5 nitrogen and oxygen atoms in total. The first-order valence-electron chi connectivity index (χ1n) is 11.0. The van der Waals surface area contributed by atoms with Gasteiger partial charge in [0.05, 0.1) is 5.69 Å². The van der Waals surface area contributed by atoms with E-state index in [9.17, 15) is 9.59 Å². The molecule has 4 rings (SSSR count). The Morgan fingerprint density at radius 2 is 1.74 bits per heavy atom. The molecule has 1 heterocycles. The average molecular weight is 436 g/mol. The van der Waals surface area contributed by atoms with E-state index in [4.69, 9.17) is 0 Å². The van der Waals surface area contributed by atoms with Gasteiger partial charge in [-0.3, -0.25) is 9.59 Å². The molecule has 0 radical (unpaired) electrons. The second kappa shape index (κ2) is 9.69. The lowest BCUT2D eigenvalue weighted by molar-refractivity contribution is -0.122. The number of amidine groups is 1. The van der Waals surface area contributed by atoms with Crippen LogP contribution in [0.2, 0.25) is 0 Å². The predicted molar refractivity (Wildman–Crippen MR) is 128 cm³/mol. The van der Waals surface area contributed by atoms with Gasteiger partial charge in [-0.1, -0.05) is 49.2 Å². The van der Waals surface area contributed by atoms with Gasteiger partial charge in [-0.05, 0) is 73.6 Å². The molecule has 0 spiro atoms. The van der Waals surface area contributed by atoms with Crippen LogP contribution in [0.5, 0.6) is 0 Å². The third-order valence-electron chi connectivity index (χ3n) is 5.85. The molecule has 31 heavy (non-hydrogen) atoms. The predicted octanol–water partition coefficient (Wildman–Crippen LogP) is 5.60. The number of aryl methyl sites for hydroxylation is 2. The number of nitrogens with zero attached hydrogens (tertiary/aromatic N) is 1. The molecule has 162 valence electrons. The van der Waals surface area contributed by atoms with Crippen molar-refractivity contribution < 1.29 is 9.59 Å². The molecule has 2 aliphatic rings. The molecule has 2 aromatic rings. The van der Waals surface area contributed by atoms with Crippen molar-refractivity contribution in [1.82, 2.24) is 5.32 Å². The quantitative estimate of drug-likeness (QED) is 0.642. The zero-order valence-electron chi connectivity index (χ0n) is 18.1. The number of nitrogens with one attached hydrogen (secondary N) is 2. The molecule has 2 amide bonds. The topological polar surface area (TPSA) is 70.6 Å². The average Bonchev–Trinajstić information content (AvgIpc) is 3.07. The Morgan fingerprint density at radius 3 is 2.42 bits per heavy atom. The summed E-state index contributed by atoms with van der Waals surface area (Å²) in [7, 11) is 0. The lowest BCUT2D eigenvalue weighted by Crippen LogP contribution is -2.28. The summed E-state index contributed by atoms with van der Waals surface area (Å²) in [5, 5.41) is 5.80. The molecule has 0 bridgehead atoms. The molecule has 0 unspecified atom stereocenters. The smallest absolute Gasteiger partial charge is 0.240 e. The fraction of sp³-hybridized carbons (Fsp3) is 0.400. The maximum atomic E-state index is 12.4. The first kappa shape index (κ1) is 21.6. The van der Waals surface area contributed by atoms with Crippen LogP contribution in [0.1, 0.15) is 61.1 Å². The summed E-state index contributed by atoms with van der Waals surface area (Å²) in [5.74, 6) is 0.324. The van der Waals surface area contributed by atoms with Crippen LogP contribution in [-0.2, 0) is 9.59 Å². The van der Waals surface area contributed by atoms with Gasteiger partial charge in [0.2, 0.25) is 11.8 Å². The van der Waals surface area contributed by atoms with Crippen molar-refractivity contribution in [2.45, 2.75) is 63.5 Å². The lowest BCUT2D eigenvalue weighted by Gasteiger charge is -2.21. The molecule has 1 aliphatic heterocycles. The number of carbonyl (C=O) groups is 2. The molecule has 6 heteroatoms. The molecule has 2 aromatic carbocycles. The SMILES string of the molecule is Cc1cc(C)cc(NC(=O)C[C@@H]2SC(=Nc3ccc(C4CCCCC4)cc3)NC2=O)c1. The Labute approximate surface area is 188 Å². The van der Waals surface area contributed by atoms with Gasteiger partial charge >= 0.3 is 0 Å². The number of amides is 2. The van der Waals surface area contributed by atoms with Crippen LogP contribution in [0.15, 0.2) is 47.5 Å². The zero-order chi connectivity index (χ0) is 21.8. The summed E-state index contributed by atoms with van der Waals surface area (Å²) < 4.78 is 0. The van der Waals surface area contributed by atoms with E-state index in [1.54, 1.807) is 0 Å². The normalized spacial score (nSPS) is 20.6. The maximum absolute atomic E-state index is 12.4. The highest BCUT2D eigenvalue weighted by Crippen LogP contribution is 2.33. The lowest BCUT2D eigenvalue weighted by atomic mass is 9.84. The fourth-order valence-corrected chi connectivity index (χ4v) is 5.38. The van der Waals surface area contributed by atoms with Crippen molar-refractivity contribution in [3.05, 3.63) is 59.2 Å². The molecule has 0 aromatic heterocycles. The summed E-state index contributed by atoms with van der Waals surface area (Å²) in [5.41, 5.74) is 5.15. The number of carbonyl (C=O) groups excluding carboxylic acids is 2. The number of thioether (sulfide) groups is 1. The van der Waals surface area contributed by atoms with Gasteiger partial charge in [-0.15, -0.1) is 0 Å². The summed E-state index contributed by atoms with van der Waals surface area (Å²) in [6.07, 6.45) is 6.63. The van der Waals surface area contributed by atoms with Crippen LogP contribution >= 0.6 is 11.8 Å². The fourth-order valence-electron chi connectivity index (χ4n) is 4.39. The molecule has 1 saturated carbocycles. The van der Waals surface area contributed by atoms with Crippen LogP contribution in [0.4, 0.5) is 11.4 Å². The van der Waals surface area contributed by atoms with E-state index in [-0.39, 0.29) is 18.2 Å².